The molecule has 4 rings (SSSR count). The number of carbonyl (C=O) groups is 2. The summed E-state index contributed by atoms with van der Waals surface area (Å²) in [6.07, 6.45) is 3.47. The summed E-state index contributed by atoms with van der Waals surface area (Å²) < 4.78 is 4.85. The summed E-state index contributed by atoms with van der Waals surface area (Å²) >= 11 is 0. The first kappa shape index (κ1) is 14.7. The highest BCUT2D eigenvalue weighted by Gasteiger charge is 2.61. The van der Waals surface area contributed by atoms with Crippen LogP contribution < -0.4 is 0 Å². The molecule has 2 heterocycles. The standard InChI is InChI=1S/C19H23NO3/c1-19-9-5-8-14-13-7-4-3-6-12(13)11-20(17(14)19)18(22)15(19)10-16(21)23-2/h3-4,6-7,14-15,17H,5,8-11H2,1-2H3/t14-,15+,17-,19-/m0/s1. The molecule has 0 spiro atoms. The summed E-state index contributed by atoms with van der Waals surface area (Å²) in [7, 11) is 1.40. The van der Waals surface area contributed by atoms with Gasteiger partial charge in [-0.1, -0.05) is 37.6 Å². The van der Waals surface area contributed by atoms with Crippen molar-refractivity contribution in [3.05, 3.63) is 35.4 Å². The van der Waals surface area contributed by atoms with Crippen LogP contribution in [0.2, 0.25) is 0 Å². The number of esters is 1. The summed E-state index contributed by atoms with van der Waals surface area (Å²) in [4.78, 5) is 27.0. The third-order valence-corrected chi connectivity index (χ3v) is 6.39. The fourth-order valence-electron chi connectivity index (χ4n) is 5.34. The zero-order valence-electron chi connectivity index (χ0n) is 13.7. The molecule has 122 valence electrons. The van der Waals surface area contributed by atoms with E-state index in [1.165, 1.54) is 18.2 Å². The van der Waals surface area contributed by atoms with Crippen LogP contribution in [0, 0.1) is 11.3 Å². The zero-order valence-corrected chi connectivity index (χ0v) is 13.7. The van der Waals surface area contributed by atoms with Gasteiger partial charge < -0.3 is 9.64 Å². The van der Waals surface area contributed by atoms with E-state index in [0.29, 0.717) is 12.5 Å². The molecule has 2 aliphatic heterocycles. The maximum atomic E-state index is 13.1. The number of nitrogens with zero attached hydrogens (tertiary/aromatic N) is 1. The van der Waals surface area contributed by atoms with Crippen molar-refractivity contribution in [2.24, 2.45) is 11.3 Å². The van der Waals surface area contributed by atoms with E-state index >= 15 is 0 Å². The molecule has 1 aromatic rings. The Labute approximate surface area is 136 Å². The minimum absolute atomic E-state index is 0.123. The van der Waals surface area contributed by atoms with Crippen LogP contribution in [0.15, 0.2) is 24.3 Å². The number of amides is 1. The van der Waals surface area contributed by atoms with Gasteiger partial charge in [0.25, 0.3) is 0 Å². The van der Waals surface area contributed by atoms with Crippen molar-refractivity contribution < 1.29 is 14.3 Å². The third kappa shape index (κ3) is 1.97. The Morgan fingerprint density at radius 3 is 2.96 bits per heavy atom. The van der Waals surface area contributed by atoms with Crippen LogP contribution >= 0.6 is 0 Å². The van der Waals surface area contributed by atoms with Crippen LogP contribution in [0.4, 0.5) is 0 Å². The molecule has 0 unspecified atom stereocenters. The highest BCUT2D eigenvalue weighted by molar-refractivity contribution is 5.87. The Hall–Kier alpha value is -1.84. The Morgan fingerprint density at radius 1 is 1.39 bits per heavy atom. The largest absolute Gasteiger partial charge is 0.469 e. The van der Waals surface area contributed by atoms with Crippen LogP contribution in [-0.4, -0.2) is 29.9 Å². The number of benzene rings is 1. The first-order valence-electron chi connectivity index (χ1n) is 8.51. The Morgan fingerprint density at radius 2 is 2.17 bits per heavy atom. The number of carbonyl (C=O) groups excluding carboxylic acids is 2. The van der Waals surface area contributed by atoms with Crippen molar-refractivity contribution in [2.75, 3.05) is 7.11 Å². The molecule has 1 saturated carbocycles. The molecule has 0 bridgehead atoms. The second-order valence-corrected chi connectivity index (χ2v) is 7.45. The molecule has 23 heavy (non-hydrogen) atoms. The number of ether oxygens (including phenoxy) is 1. The predicted molar refractivity (Wildman–Crippen MR) is 85.6 cm³/mol. The maximum Gasteiger partial charge on any atom is 0.306 e. The summed E-state index contributed by atoms with van der Waals surface area (Å²) in [6.45, 7) is 2.90. The lowest BCUT2D eigenvalue weighted by atomic mass is 9.60. The number of methoxy groups -OCH3 is 1. The molecule has 1 saturated heterocycles. The molecule has 4 atom stereocenters. The Bertz CT molecular complexity index is 670. The van der Waals surface area contributed by atoms with Gasteiger partial charge in [0.1, 0.15) is 0 Å². The number of rotatable bonds is 2. The second kappa shape index (κ2) is 5.08. The lowest BCUT2D eigenvalue weighted by Gasteiger charge is -2.49. The highest BCUT2D eigenvalue weighted by Crippen LogP contribution is 2.58. The van der Waals surface area contributed by atoms with Gasteiger partial charge in [-0.3, -0.25) is 9.59 Å². The fourth-order valence-corrected chi connectivity index (χ4v) is 5.34. The predicted octanol–water partition coefficient (Wildman–Crippen LogP) is 2.86. The van der Waals surface area contributed by atoms with Gasteiger partial charge in [-0.2, -0.15) is 0 Å². The Kier molecular flexibility index (Phi) is 3.26. The summed E-state index contributed by atoms with van der Waals surface area (Å²) in [5, 5.41) is 0. The van der Waals surface area contributed by atoms with Crippen LogP contribution in [0.25, 0.3) is 0 Å². The van der Waals surface area contributed by atoms with Gasteiger partial charge in [0.15, 0.2) is 0 Å². The summed E-state index contributed by atoms with van der Waals surface area (Å²) in [5.41, 5.74) is 2.55. The summed E-state index contributed by atoms with van der Waals surface area (Å²) in [6, 6.07) is 8.74. The number of hydrogen-bond acceptors (Lipinski definition) is 3. The van der Waals surface area contributed by atoms with Crippen molar-refractivity contribution in [3.63, 3.8) is 0 Å². The fraction of sp³-hybridized carbons (Fsp3) is 0.579. The van der Waals surface area contributed by atoms with Crippen LogP contribution in [0.3, 0.4) is 0 Å². The smallest absolute Gasteiger partial charge is 0.306 e. The van der Waals surface area contributed by atoms with Crippen LogP contribution in [0.5, 0.6) is 0 Å². The first-order chi connectivity index (χ1) is 11.1. The molecule has 0 N–H and O–H groups in total. The van der Waals surface area contributed by atoms with Crippen molar-refractivity contribution in [3.8, 4) is 0 Å². The van der Waals surface area contributed by atoms with E-state index in [-0.39, 0.29) is 35.7 Å². The van der Waals surface area contributed by atoms with Crippen molar-refractivity contribution in [1.29, 1.82) is 0 Å². The van der Waals surface area contributed by atoms with E-state index in [1.54, 1.807) is 0 Å². The molecule has 0 radical (unpaired) electrons. The minimum atomic E-state index is -0.274. The quantitative estimate of drug-likeness (QED) is 0.789. The minimum Gasteiger partial charge on any atom is -0.469 e. The summed E-state index contributed by atoms with van der Waals surface area (Å²) in [5.74, 6) is 0.0377. The molecular formula is C19H23NO3. The van der Waals surface area contributed by atoms with E-state index in [4.69, 9.17) is 4.74 Å². The van der Waals surface area contributed by atoms with Gasteiger partial charge in [0.05, 0.1) is 19.4 Å². The van der Waals surface area contributed by atoms with E-state index in [9.17, 15) is 9.59 Å². The van der Waals surface area contributed by atoms with Gasteiger partial charge in [-0.05, 0) is 24.0 Å². The van der Waals surface area contributed by atoms with Gasteiger partial charge in [0, 0.05) is 23.9 Å². The average molecular weight is 313 g/mol. The van der Waals surface area contributed by atoms with Gasteiger partial charge >= 0.3 is 5.97 Å². The normalized spacial score (nSPS) is 34.8. The highest BCUT2D eigenvalue weighted by atomic mass is 16.5. The maximum absolute atomic E-state index is 13.1. The molecule has 1 aromatic carbocycles. The number of fused-ring (bicyclic) bond motifs is 2. The SMILES string of the molecule is COC(=O)C[C@@H]1C(=O)N2Cc3ccccc3[C@@H]3CCC[C@]1(C)[C@H]32. The van der Waals surface area contributed by atoms with Gasteiger partial charge in [0.2, 0.25) is 5.91 Å². The molecule has 0 aromatic heterocycles. The van der Waals surface area contributed by atoms with Crippen molar-refractivity contribution >= 4 is 11.9 Å². The average Bonchev–Trinajstić information content (AvgIpc) is 2.77. The molecule has 4 nitrogen and oxygen atoms in total. The van der Waals surface area contributed by atoms with Gasteiger partial charge in [-0.25, -0.2) is 0 Å². The zero-order chi connectivity index (χ0) is 16.2. The number of hydrogen-bond donors (Lipinski definition) is 0. The monoisotopic (exact) mass is 313 g/mol. The molecule has 2 fully saturated rings. The van der Waals surface area contributed by atoms with E-state index in [1.807, 2.05) is 6.07 Å². The van der Waals surface area contributed by atoms with E-state index < -0.39 is 0 Å². The molecular weight excluding hydrogens is 290 g/mol. The van der Waals surface area contributed by atoms with Crippen molar-refractivity contribution in [2.45, 2.75) is 51.1 Å². The van der Waals surface area contributed by atoms with Crippen LogP contribution in [-0.2, 0) is 20.9 Å². The molecule has 1 aliphatic carbocycles. The van der Waals surface area contributed by atoms with Crippen molar-refractivity contribution in [1.82, 2.24) is 4.90 Å². The Balaban J connectivity index is 1.78. The lowest BCUT2D eigenvalue weighted by molar-refractivity contribution is -0.146. The molecule has 4 heteroatoms. The van der Waals surface area contributed by atoms with Gasteiger partial charge in [-0.15, -0.1) is 0 Å². The molecule has 1 amide bonds. The third-order valence-electron chi connectivity index (χ3n) is 6.39. The van der Waals surface area contributed by atoms with Crippen LogP contribution in [0.1, 0.15) is 49.7 Å². The molecule has 3 aliphatic rings. The topological polar surface area (TPSA) is 46.6 Å². The second-order valence-electron chi connectivity index (χ2n) is 7.45. The lowest BCUT2D eigenvalue weighted by Crippen LogP contribution is -2.49. The first-order valence-corrected chi connectivity index (χ1v) is 8.51. The van der Waals surface area contributed by atoms with E-state index in [0.717, 1.165) is 19.3 Å². The van der Waals surface area contributed by atoms with E-state index in [2.05, 4.69) is 30.0 Å².